The number of aliphatic hydroxyl groups excluding tert-OH is 1. The molecule has 4 rings (SSSR count). The van der Waals surface area contributed by atoms with Crippen LogP contribution in [0.5, 0.6) is 5.75 Å². The predicted molar refractivity (Wildman–Crippen MR) is 132 cm³/mol. The molecule has 1 aliphatic heterocycles. The van der Waals surface area contributed by atoms with Crippen LogP contribution in [0.25, 0.3) is 0 Å². The molecule has 0 amide bonds. The molecule has 1 N–H and O–H groups in total. The van der Waals surface area contributed by atoms with Crippen LogP contribution < -0.4 is 4.74 Å². The maximum absolute atomic E-state index is 10.7. The molecule has 33 heavy (non-hydrogen) atoms. The fraction of sp³-hybridized carbons (Fsp3) is 0.296. The van der Waals surface area contributed by atoms with Crippen LogP contribution in [0.3, 0.4) is 0 Å². The zero-order valence-electron chi connectivity index (χ0n) is 18.7. The lowest BCUT2D eigenvalue weighted by Crippen LogP contribution is -2.39. The minimum Gasteiger partial charge on any atom is -0.491 e. The second-order valence-electron chi connectivity index (χ2n) is 8.39. The number of ether oxygens (including phenoxy) is 1. The van der Waals surface area contributed by atoms with Gasteiger partial charge in [0.25, 0.3) is 0 Å². The lowest BCUT2D eigenvalue weighted by Gasteiger charge is -2.27. The molecule has 0 aliphatic carbocycles. The summed E-state index contributed by atoms with van der Waals surface area (Å²) in [5, 5.41) is 15.8. The molecule has 1 aliphatic rings. The summed E-state index contributed by atoms with van der Waals surface area (Å²) in [6.45, 7) is 3.93. The van der Waals surface area contributed by atoms with E-state index in [2.05, 4.69) is 10.1 Å². The average Bonchev–Trinajstić information content (AvgIpc) is 3.27. The molecule has 1 heterocycles. The largest absolute Gasteiger partial charge is 0.491 e. The number of para-hydroxylation sites is 1. The van der Waals surface area contributed by atoms with Crippen LogP contribution in [0.2, 0.25) is 5.02 Å². The molecule has 2 atom stereocenters. The molecule has 0 spiro atoms. The zero-order valence-corrected chi connectivity index (χ0v) is 19.5. The lowest BCUT2D eigenvalue weighted by atomic mass is 10.0. The molecular weight excluding hydrogens is 436 g/mol. The highest BCUT2D eigenvalue weighted by molar-refractivity contribution is 6.30. The summed E-state index contributed by atoms with van der Waals surface area (Å²) in [5.41, 5.74) is 4.15. The van der Waals surface area contributed by atoms with Crippen molar-refractivity contribution in [2.45, 2.75) is 32.1 Å². The maximum atomic E-state index is 10.7. The zero-order chi connectivity index (χ0) is 23.0. The van der Waals surface area contributed by atoms with Gasteiger partial charge in [0.2, 0.25) is 0 Å². The molecular formula is C27H29ClN2O3. The Labute approximate surface area is 200 Å². The molecule has 0 aromatic heterocycles. The van der Waals surface area contributed by atoms with Gasteiger partial charge in [-0.15, -0.1) is 0 Å². The van der Waals surface area contributed by atoms with Gasteiger partial charge in [0.1, 0.15) is 24.6 Å². The third-order valence-electron chi connectivity index (χ3n) is 5.59. The highest BCUT2D eigenvalue weighted by Gasteiger charge is 2.26. The predicted octanol–water partition coefficient (Wildman–Crippen LogP) is 5.08. The molecule has 0 saturated heterocycles. The fourth-order valence-corrected chi connectivity index (χ4v) is 4.18. The monoisotopic (exact) mass is 464 g/mol. The van der Waals surface area contributed by atoms with Crippen LogP contribution >= 0.6 is 11.6 Å². The van der Waals surface area contributed by atoms with E-state index in [0.29, 0.717) is 24.7 Å². The number of hydrogen-bond donors (Lipinski definition) is 1. The van der Waals surface area contributed by atoms with Crippen LogP contribution in [0.15, 0.2) is 84.0 Å². The van der Waals surface area contributed by atoms with Crippen molar-refractivity contribution < 1.29 is 14.7 Å². The van der Waals surface area contributed by atoms with E-state index in [-0.39, 0.29) is 12.7 Å². The van der Waals surface area contributed by atoms with E-state index in [1.165, 1.54) is 0 Å². The van der Waals surface area contributed by atoms with Crippen molar-refractivity contribution in [1.82, 2.24) is 4.90 Å². The van der Waals surface area contributed by atoms with Crippen LogP contribution in [-0.2, 0) is 11.4 Å². The quantitative estimate of drug-likeness (QED) is 0.454. The summed E-state index contributed by atoms with van der Waals surface area (Å²) in [7, 11) is 0. The van der Waals surface area contributed by atoms with Gasteiger partial charge >= 0.3 is 0 Å². The van der Waals surface area contributed by atoms with Crippen molar-refractivity contribution >= 4 is 17.3 Å². The molecule has 0 fully saturated rings. The van der Waals surface area contributed by atoms with Crippen molar-refractivity contribution in [1.29, 1.82) is 0 Å². The molecule has 0 bridgehead atoms. The van der Waals surface area contributed by atoms with Crippen LogP contribution in [-0.4, -0.2) is 47.6 Å². The smallest absolute Gasteiger partial charge is 0.145 e. The summed E-state index contributed by atoms with van der Waals surface area (Å²) in [6.07, 6.45) is -0.00475. The van der Waals surface area contributed by atoms with Crippen LogP contribution in [0.1, 0.15) is 23.1 Å². The van der Waals surface area contributed by atoms with E-state index in [1.54, 1.807) is 0 Å². The summed E-state index contributed by atoms with van der Waals surface area (Å²) >= 11 is 6.19. The van der Waals surface area contributed by atoms with Gasteiger partial charge in [-0.05, 0) is 41.8 Å². The summed E-state index contributed by atoms with van der Waals surface area (Å²) in [6, 6.07) is 25.7. The van der Waals surface area contributed by atoms with Crippen molar-refractivity contribution in [3.8, 4) is 5.75 Å². The first-order valence-electron chi connectivity index (χ1n) is 11.2. The SMILES string of the molecule is Cc1ccccc1OC[C@@H](O)CN(Cc1cccc(Cl)c1)C[C@@H]1CC(c2ccccc2)=NO1. The Morgan fingerprint density at radius 3 is 2.67 bits per heavy atom. The van der Waals surface area contributed by atoms with E-state index < -0.39 is 6.10 Å². The van der Waals surface area contributed by atoms with Gasteiger partial charge < -0.3 is 14.7 Å². The summed E-state index contributed by atoms with van der Waals surface area (Å²) < 4.78 is 5.86. The highest BCUT2D eigenvalue weighted by Crippen LogP contribution is 2.20. The van der Waals surface area contributed by atoms with E-state index in [9.17, 15) is 5.11 Å². The van der Waals surface area contributed by atoms with Gasteiger partial charge in [0.05, 0.1) is 5.71 Å². The number of rotatable bonds is 10. The first kappa shape index (κ1) is 23.3. The standard InChI is InChI=1S/C27H29ClN2O3/c1-20-8-5-6-13-27(20)32-19-24(31)17-30(16-21-9-7-12-23(28)14-21)18-25-15-26(29-33-25)22-10-3-2-4-11-22/h2-14,24-25,31H,15-19H2,1H3/t24-,25-/m0/s1. The second kappa shape index (κ2) is 11.3. The number of aryl methyl sites for hydroxylation is 1. The van der Waals surface area contributed by atoms with E-state index >= 15 is 0 Å². The maximum Gasteiger partial charge on any atom is 0.145 e. The molecule has 0 saturated carbocycles. The first-order chi connectivity index (χ1) is 16.1. The molecule has 0 radical (unpaired) electrons. The Morgan fingerprint density at radius 2 is 1.88 bits per heavy atom. The number of aliphatic hydroxyl groups is 1. The Morgan fingerprint density at radius 1 is 1.09 bits per heavy atom. The number of hydrogen-bond acceptors (Lipinski definition) is 5. The Hall–Kier alpha value is -2.86. The average molecular weight is 465 g/mol. The van der Waals surface area contributed by atoms with Gasteiger partial charge in [-0.2, -0.15) is 0 Å². The Kier molecular flexibility index (Phi) is 8.00. The minimum atomic E-state index is -0.653. The van der Waals surface area contributed by atoms with E-state index in [4.69, 9.17) is 21.2 Å². The van der Waals surface area contributed by atoms with Crippen LogP contribution in [0.4, 0.5) is 0 Å². The number of nitrogens with zero attached hydrogens (tertiary/aromatic N) is 2. The minimum absolute atomic E-state index is 0.0797. The van der Waals surface area contributed by atoms with Gasteiger partial charge in [0, 0.05) is 31.1 Å². The number of oxime groups is 1. The molecule has 3 aromatic rings. The summed E-state index contributed by atoms with van der Waals surface area (Å²) in [4.78, 5) is 7.92. The Bertz CT molecular complexity index is 1070. The van der Waals surface area contributed by atoms with Gasteiger partial charge in [-0.25, -0.2) is 0 Å². The summed E-state index contributed by atoms with van der Waals surface area (Å²) in [5.74, 6) is 0.790. The van der Waals surface area contributed by atoms with E-state index in [0.717, 1.165) is 34.6 Å². The van der Waals surface area contributed by atoms with Gasteiger partial charge in [-0.3, -0.25) is 4.90 Å². The topological polar surface area (TPSA) is 54.3 Å². The van der Waals surface area contributed by atoms with Gasteiger partial charge in [0.15, 0.2) is 0 Å². The molecule has 5 nitrogen and oxygen atoms in total. The third kappa shape index (κ3) is 6.81. The van der Waals surface area contributed by atoms with Crippen molar-refractivity contribution in [3.63, 3.8) is 0 Å². The lowest BCUT2D eigenvalue weighted by molar-refractivity contribution is 0.0212. The molecule has 3 aromatic carbocycles. The highest BCUT2D eigenvalue weighted by atomic mass is 35.5. The fourth-order valence-electron chi connectivity index (χ4n) is 3.97. The third-order valence-corrected chi connectivity index (χ3v) is 5.83. The Balaban J connectivity index is 1.38. The normalized spacial score (nSPS) is 16.4. The first-order valence-corrected chi connectivity index (χ1v) is 11.6. The molecule has 6 heteroatoms. The molecule has 0 unspecified atom stereocenters. The number of benzene rings is 3. The van der Waals surface area contributed by atoms with Crippen LogP contribution in [0, 0.1) is 6.92 Å². The van der Waals surface area contributed by atoms with E-state index in [1.807, 2.05) is 85.8 Å². The second-order valence-corrected chi connectivity index (χ2v) is 8.83. The van der Waals surface area contributed by atoms with Crippen molar-refractivity contribution in [3.05, 3.63) is 101 Å². The number of halogens is 1. The molecule has 172 valence electrons. The van der Waals surface area contributed by atoms with Crippen molar-refractivity contribution in [2.75, 3.05) is 19.7 Å². The van der Waals surface area contributed by atoms with Gasteiger partial charge in [-0.1, -0.05) is 77.4 Å². The van der Waals surface area contributed by atoms with Crippen molar-refractivity contribution in [2.24, 2.45) is 5.16 Å².